The Hall–Kier alpha value is -3.18. The molecule has 1 fully saturated rings. The van der Waals surface area contributed by atoms with E-state index >= 15 is 0 Å². The first-order valence-electron chi connectivity index (χ1n) is 12.6. The fourth-order valence-electron chi connectivity index (χ4n) is 4.24. The lowest BCUT2D eigenvalue weighted by atomic mass is 10.2. The van der Waals surface area contributed by atoms with Crippen molar-refractivity contribution in [2.45, 2.75) is 45.8 Å². The highest BCUT2D eigenvalue weighted by atomic mass is 19.1. The number of H-pyrrole nitrogens is 1. The predicted octanol–water partition coefficient (Wildman–Crippen LogP) is 4.47. The maximum atomic E-state index is 14.7. The smallest absolute Gasteiger partial charge is 0.321 e. The molecular formula is C25H36FN7O3. The number of urea groups is 1. The summed E-state index contributed by atoms with van der Waals surface area (Å²) in [6.07, 6.45) is 5.26. The van der Waals surface area contributed by atoms with Crippen molar-refractivity contribution >= 4 is 22.8 Å². The zero-order chi connectivity index (χ0) is 25.7. The maximum absolute atomic E-state index is 14.7. The molecule has 0 radical (unpaired) electrons. The number of hydrogen-bond donors (Lipinski definition) is 2. The summed E-state index contributed by atoms with van der Waals surface area (Å²) >= 11 is 0. The first-order valence-corrected chi connectivity index (χ1v) is 12.6. The summed E-state index contributed by atoms with van der Waals surface area (Å²) in [5.74, 6) is 0.132. The van der Waals surface area contributed by atoms with Gasteiger partial charge in [0.25, 0.3) is 0 Å². The van der Waals surface area contributed by atoms with Gasteiger partial charge in [-0.25, -0.2) is 18.9 Å². The van der Waals surface area contributed by atoms with Crippen molar-refractivity contribution in [1.29, 1.82) is 0 Å². The number of aromatic nitrogens is 4. The van der Waals surface area contributed by atoms with Gasteiger partial charge in [-0.05, 0) is 53.6 Å². The van der Waals surface area contributed by atoms with Crippen molar-refractivity contribution in [1.82, 2.24) is 29.5 Å². The van der Waals surface area contributed by atoms with Crippen LogP contribution in [0.3, 0.4) is 0 Å². The molecule has 11 heteroatoms. The van der Waals surface area contributed by atoms with Gasteiger partial charge in [-0.3, -0.25) is 0 Å². The molecule has 3 heterocycles. The minimum absolute atomic E-state index is 0.174. The molecular weight excluding hydrogens is 465 g/mol. The third-order valence-electron chi connectivity index (χ3n) is 6.24. The van der Waals surface area contributed by atoms with Gasteiger partial charge in [-0.1, -0.05) is 0 Å². The van der Waals surface area contributed by atoms with Gasteiger partial charge in [-0.2, -0.15) is 5.10 Å². The van der Waals surface area contributed by atoms with E-state index in [0.717, 1.165) is 32.2 Å². The summed E-state index contributed by atoms with van der Waals surface area (Å²) in [5.41, 5.74) is 2.06. The molecule has 2 N–H and O–H groups in total. The van der Waals surface area contributed by atoms with E-state index in [2.05, 4.69) is 20.2 Å². The Morgan fingerprint density at radius 3 is 2.81 bits per heavy atom. The molecule has 0 aliphatic carbocycles. The number of fused-ring (bicyclic) bond motifs is 1. The number of hydrogen-bond acceptors (Lipinski definition) is 6. The summed E-state index contributed by atoms with van der Waals surface area (Å²) in [5, 5.41) is 7.69. The van der Waals surface area contributed by atoms with Crippen LogP contribution in [0, 0.1) is 5.82 Å². The molecule has 1 aromatic carbocycles. The van der Waals surface area contributed by atoms with Gasteiger partial charge in [0.05, 0.1) is 29.5 Å². The zero-order valence-electron chi connectivity index (χ0n) is 21.5. The minimum atomic E-state index is -0.471. The van der Waals surface area contributed by atoms with Crippen molar-refractivity contribution in [2.24, 2.45) is 0 Å². The normalized spacial score (nSPS) is 16.0. The highest BCUT2D eigenvalue weighted by Gasteiger charge is 2.24. The number of ether oxygens (including phenoxy) is 2. The van der Waals surface area contributed by atoms with Gasteiger partial charge in [-0.15, -0.1) is 0 Å². The van der Waals surface area contributed by atoms with Crippen LogP contribution in [0.15, 0.2) is 18.3 Å². The molecule has 1 unspecified atom stereocenters. The lowest BCUT2D eigenvalue weighted by Gasteiger charge is -2.22. The van der Waals surface area contributed by atoms with Gasteiger partial charge in [0, 0.05) is 38.4 Å². The van der Waals surface area contributed by atoms with Gasteiger partial charge in [0.2, 0.25) is 0 Å². The number of anilines is 1. The van der Waals surface area contributed by atoms with Gasteiger partial charge < -0.3 is 29.6 Å². The average molecular weight is 502 g/mol. The first-order chi connectivity index (χ1) is 17.4. The summed E-state index contributed by atoms with van der Waals surface area (Å²) in [4.78, 5) is 24.4. The number of nitrogens with one attached hydrogen (secondary N) is 2. The molecule has 10 nitrogen and oxygen atoms in total. The number of carbonyl (C=O) groups excluding carboxylic acids is 1. The molecule has 36 heavy (non-hydrogen) atoms. The number of rotatable bonds is 10. The van der Waals surface area contributed by atoms with Crippen LogP contribution >= 0.6 is 0 Å². The van der Waals surface area contributed by atoms with Crippen molar-refractivity contribution in [3.63, 3.8) is 0 Å². The van der Waals surface area contributed by atoms with E-state index in [-0.39, 0.29) is 18.0 Å². The Morgan fingerprint density at radius 1 is 1.31 bits per heavy atom. The third-order valence-corrected chi connectivity index (χ3v) is 6.24. The van der Waals surface area contributed by atoms with E-state index < -0.39 is 5.82 Å². The fourth-order valence-corrected chi connectivity index (χ4v) is 4.24. The van der Waals surface area contributed by atoms with Crippen LogP contribution in [0.5, 0.6) is 5.75 Å². The lowest BCUT2D eigenvalue weighted by Crippen LogP contribution is -2.34. The van der Waals surface area contributed by atoms with Crippen molar-refractivity contribution in [2.75, 3.05) is 52.3 Å². The second-order valence-corrected chi connectivity index (χ2v) is 9.19. The average Bonchev–Trinajstić information content (AvgIpc) is 3.46. The molecule has 0 bridgehead atoms. The summed E-state index contributed by atoms with van der Waals surface area (Å²) in [6.45, 7) is 6.95. The van der Waals surface area contributed by atoms with E-state index in [9.17, 15) is 9.18 Å². The van der Waals surface area contributed by atoms with Gasteiger partial charge >= 0.3 is 6.03 Å². The van der Waals surface area contributed by atoms with Crippen LogP contribution in [0.1, 0.15) is 45.8 Å². The van der Waals surface area contributed by atoms with Gasteiger partial charge in [0.15, 0.2) is 23.1 Å². The maximum Gasteiger partial charge on any atom is 0.321 e. The van der Waals surface area contributed by atoms with Crippen LogP contribution < -0.4 is 10.1 Å². The second kappa shape index (κ2) is 11.7. The Labute approximate surface area is 210 Å². The van der Waals surface area contributed by atoms with Crippen LogP contribution in [-0.2, 0) is 4.74 Å². The molecule has 0 spiro atoms. The molecule has 0 saturated carbocycles. The Bertz CT molecular complexity index is 1170. The number of aromatic amines is 1. The molecule has 196 valence electrons. The first kappa shape index (κ1) is 25.9. The molecule has 1 aliphatic heterocycles. The molecule has 2 aromatic heterocycles. The molecule has 2 amide bonds. The number of carbonyl (C=O) groups is 1. The number of imidazole rings is 1. The molecule has 1 aliphatic rings. The summed E-state index contributed by atoms with van der Waals surface area (Å²) in [6, 6.07) is 2.75. The minimum Gasteiger partial charge on any atom is -0.490 e. The van der Waals surface area contributed by atoms with Crippen LogP contribution in [0.4, 0.5) is 14.9 Å². The number of halogens is 1. The van der Waals surface area contributed by atoms with Crippen LogP contribution in [0.25, 0.3) is 22.6 Å². The monoisotopic (exact) mass is 501 g/mol. The SMILES string of the molecule is CCN(CC)C(=O)Nc1cn(C2CCCCO2)nc1-c1nc2cc(F)c(OCCCN(C)C)cc2[nH]1. The number of nitrogens with zero attached hydrogens (tertiary/aromatic N) is 5. The summed E-state index contributed by atoms with van der Waals surface area (Å²) < 4.78 is 28.0. The Morgan fingerprint density at radius 2 is 2.11 bits per heavy atom. The number of amides is 2. The van der Waals surface area contributed by atoms with E-state index in [0.29, 0.717) is 54.5 Å². The summed E-state index contributed by atoms with van der Waals surface area (Å²) in [7, 11) is 3.97. The second-order valence-electron chi connectivity index (χ2n) is 9.19. The largest absolute Gasteiger partial charge is 0.490 e. The van der Waals surface area contributed by atoms with E-state index in [1.54, 1.807) is 21.8 Å². The van der Waals surface area contributed by atoms with E-state index in [4.69, 9.17) is 14.6 Å². The third kappa shape index (κ3) is 5.96. The van der Waals surface area contributed by atoms with Crippen LogP contribution in [-0.4, -0.2) is 82.5 Å². The highest BCUT2D eigenvalue weighted by Crippen LogP contribution is 2.32. The van der Waals surface area contributed by atoms with E-state index in [1.165, 1.54) is 6.07 Å². The molecule has 4 rings (SSSR count). The van der Waals surface area contributed by atoms with Crippen molar-refractivity contribution in [3.05, 3.63) is 24.1 Å². The fraction of sp³-hybridized carbons (Fsp3) is 0.560. The van der Waals surface area contributed by atoms with Gasteiger partial charge in [0.1, 0.15) is 6.23 Å². The Kier molecular flexibility index (Phi) is 8.42. The standard InChI is InChI=1S/C25H36FN7O3/c1-5-32(6-2)25(34)29-20-16-33(22-10-7-8-12-36-22)30-23(20)24-27-18-14-17(26)21(15-19(18)28-24)35-13-9-11-31(3)4/h14-16,22H,5-13H2,1-4H3,(H,27,28)(H,29,34). The van der Waals surface area contributed by atoms with Crippen molar-refractivity contribution in [3.8, 4) is 17.3 Å². The number of benzene rings is 1. The van der Waals surface area contributed by atoms with Crippen LogP contribution in [0.2, 0.25) is 0 Å². The van der Waals surface area contributed by atoms with Crippen molar-refractivity contribution < 1.29 is 18.7 Å². The zero-order valence-corrected chi connectivity index (χ0v) is 21.5. The molecule has 1 saturated heterocycles. The quantitative estimate of drug-likeness (QED) is 0.398. The highest BCUT2D eigenvalue weighted by molar-refractivity contribution is 5.93. The topological polar surface area (TPSA) is 101 Å². The lowest BCUT2D eigenvalue weighted by molar-refractivity contribution is -0.0393. The molecule has 1 atom stereocenters. The molecule has 3 aromatic rings. The Balaban J connectivity index is 1.63. The van der Waals surface area contributed by atoms with E-state index in [1.807, 2.05) is 27.9 Å². The predicted molar refractivity (Wildman–Crippen MR) is 137 cm³/mol.